The topological polar surface area (TPSA) is 120 Å². The molecule has 8 nitrogen and oxygen atoms in total. The normalized spacial score (nSPS) is 14.8. The van der Waals surface area contributed by atoms with Crippen LogP contribution in [0, 0.1) is 0 Å². The first-order chi connectivity index (χ1) is 13.4. The number of nitrogens with one attached hydrogen (secondary N) is 2. The van der Waals surface area contributed by atoms with Crippen LogP contribution in [0.1, 0.15) is 28.9 Å². The molecule has 6 N–H and O–H groups in total. The van der Waals surface area contributed by atoms with Crippen LogP contribution in [0.3, 0.4) is 0 Å². The summed E-state index contributed by atoms with van der Waals surface area (Å²) in [6, 6.07) is 7.89. The van der Waals surface area contributed by atoms with Crippen molar-refractivity contribution < 1.29 is 9.59 Å². The number of fused-ring (bicyclic) bond motifs is 1. The van der Waals surface area contributed by atoms with Crippen molar-refractivity contribution in [1.29, 1.82) is 0 Å². The molecule has 8 heteroatoms. The van der Waals surface area contributed by atoms with Gasteiger partial charge in [0.15, 0.2) is 0 Å². The summed E-state index contributed by atoms with van der Waals surface area (Å²) in [4.78, 5) is 31.2. The third-order valence-electron chi connectivity index (χ3n) is 4.76. The van der Waals surface area contributed by atoms with Gasteiger partial charge in [0.25, 0.3) is 5.91 Å². The van der Waals surface area contributed by atoms with E-state index in [0.717, 1.165) is 28.5 Å². The van der Waals surface area contributed by atoms with Crippen LogP contribution in [0.5, 0.6) is 0 Å². The number of hydrogen-bond donors (Lipinski definition) is 4. The van der Waals surface area contributed by atoms with Crippen molar-refractivity contribution in [3.63, 3.8) is 0 Å². The number of nitrogens with zero attached hydrogens (tertiary/aromatic N) is 2. The summed E-state index contributed by atoms with van der Waals surface area (Å²) in [7, 11) is 3.45. The van der Waals surface area contributed by atoms with Gasteiger partial charge in [0.05, 0.1) is 6.42 Å². The molecule has 0 radical (unpaired) electrons. The van der Waals surface area contributed by atoms with Crippen molar-refractivity contribution in [3.05, 3.63) is 53.5 Å². The molecule has 0 bridgehead atoms. The van der Waals surface area contributed by atoms with Gasteiger partial charge in [0, 0.05) is 50.0 Å². The Morgan fingerprint density at radius 2 is 2.11 bits per heavy atom. The van der Waals surface area contributed by atoms with Gasteiger partial charge in [-0.3, -0.25) is 15.4 Å². The van der Waals surface area contributed by atoms with Crippen LogP contribution in [0.25, 0.3) is 16.5 Å². The van der Waals surface area contributed by atoms with E-state index in [1.807, 2.05) is 24.3 Å². The lowest BCUT2D eigenvalue weighted by atomic mass is 10.00. The van der Waals surface area contributed by atoms with Crippen LogP contribution in [0.2, 0.25) is 0 Å². The van der Waals surface area contributed by atoms with Crippen LogP contribution >= 0.6 is 0 Å². The van der Waals surface area contributed by atoms with Gasteiger partial charge in [-0.05, 0) is 29.7 Å². The lowest BCUT2D eigenvalue weighted by molar-refractivity contribution is -0.129. The molecular weight excluding hydrogens is 356 g/mol. The van der Waals surface area contributed by atoms with Crippen molar-refractivity contribution in [1.82, 2.24) is 20.2 Å². The van der Waals surface area contributed by atoms with Crippen molar-refractivity contribution >= 4 is 28.3 Å². The number of hydrazine groups is 1. The predicted octanol–water partition coefficient (Wildman–Crippen LogP) is 1.14. The molecule has 0 spiro atoms. The molecule has 0 saturated heterocycles. The molecule has 28 heavy (non-hydrogen) atoms. The highest BCUT2D eigenvalue weighted by atomic mass is 16.2. The Labute approximate surface area is 163 Å². The van der Waals surface area contributed by atoms with Crippen LogP contribution in [0.4, 0.5) is 0 Å². The van der Waals surface area contributed by atoms with E-state index in [9.17, 15) is 9.59 Å². The number of rotatable bonds is 5. The van der Waals surface area contributed by atoms with Gasteiger partial charge < -0.3 is 25.9 Å². The zero-order valence-electron chi connectivity index (χ0n) is 16.2. The molecule has 2 heterocycles. The number of aromatic amines is 1. The summed E-state index contributed by atoms with van der Waals surface area (Å²) in [5.41, 5.74) is 12.1. The lowest BCUT2D eigenvalue weighted by Gasteiger charge is -2.28. The second-order valence-corrected chi connectivity index (χ2v) is 7.08. The fourth-order valence-corrected chi connectivity index (χ4v) is 3.29. The average Bonchev–Trinajstić information content (AvgIpc) is 3.10. The molecule has 0 unspecified atom stereocenters. The van der Waals surface area contributed by atoms with Crippen LogP contribution in [0.15, 0.2) is 42.2 Å². The summed E-state index contributed by atoms with van der Waals surface area (Å²) >= 11 is 0. The molecule has 2 aromatic rings. The van der Waals surface area contributed by atoms with Gasteiger partial charge in [0.2, 0.25) is 5.91 Å². The zero-order valence-corrected chi connectivity index (χ0v) is 16.2. The first-order valence-corrected chi connectivity index (χ1v) is 9.11. The molecule has 1 aromatic carbocycles. The number of carbonyl (C=O) groups is 2. The molecule has 148 valence electrons. The molecule has 1 aromatic heterocycles. The molecule has 1 aliphatic rings. The third-order valence-corrected chi connectivity index (χ3v) is 4.76. The van der Waals surface area contributed by atoms with E-state index in [0.29, 0.717) is 24.5 Å². The highest BCUT2D eigenvalue weighted by Gasteiger charge is 2.20. The standard InChI is InChI=1S/C20H26N6O2/c1-25(2)20(28)18-9-14-6-5-13(8-17(14)24-18)15-4-3-7-26(12-15)19(27)10-16(21)11-23-22/h4-6,8-9,11,23-24H,3,7,10,12,21-22H2,1-2H3/b16-11-. The van der Waals surface area contributed by atoms with E-state index >= 15 is 0 Å². The SMILES string of the molecule is CN(C)C(=O)c1cc2ccc(C3=CCCN(C(=O)C/C(N)=C/NN)C3)cc2[nH]1. The Kier molecular flexibility index (Phi) is 5.70. The largest absolute Gasteiger partial charge is 0.400 e. The first-order valence-electron chi connectivity index (χ1n) is 9.11. The molecule has 0 fully saturated rings. The number of hydrogen-bond acceptors (Lipinski definition) is 5. The summed E-state index contributed by atoms with van der Waals surface area (Å²) in [6.07, 6.45) is 4.49. The highest BCUT2D eigenvalue weighted by molar-refractivity contribution is 5.98. The van der Waals surface area contributed by atoms with Gasteiger partial charge in [-0.15, -0.1) is 0 Å². The maximum atomic E-state index is 12.5. The molecule has 2 amide bonds. The minimum absolute atomic E-state index is 0.0329. The number of nitrogens with two attached hydrogens (primary N) is 2. The fourth-order valence-electron chi connectivity index (χ4n) is 3.29. The van der Waals surface area contributed by atoms with Gasteiger partial charge in [-0.2, -0.15) is 0 Å². The van der Waals surface area contributed by atoms with Gasteiger partial charge in [-0.25, -0.2) is 0 Å². The van der Waals surface area contributed by atoms with Crippen molar-refractivity contribution in [2.75, 3.05) is 27.2 Å². The maximum absolute atomic E-state index is 12.5. The zero-order chi connectivity index (χ0) is 20.3. The smallest absolute Gasteiger partial charge is 0.269 e. The van der Waals surface area contributed by atoms with Crippen LogP contribution in [-0.2, 0) is 4.79 Å². The number of carbonyl (C=O) groups excluding carboxylic acids is 2. The Balaban J connectivity index is 1.78. The molecule has 1 aliphatic heterocycles. The average molecular weight is 382 g/mol. The summed E-state index contributed by atoms with van der Waals surface area (Å²) < 4.78 is 0. The number of benzene rings is 1. The van der Waals surface area contributed by atoms with Gasteiger partial charge in [0.1, 0.15) is 5.69 Å². The van der Waals surface area contributed by atoms with E-state index in [4.69, 9.17) is 11.6 Å². The number of aromatic nitrogens is 1. The van der Waals surface area contributed by atoms with Crippen LogP contribution < -0.4 is 17.0 Å². The fraction of sp³-hybridized carbons (Fsp3) is 0.300. The molecular formula is C20H26N6O2. The lowest BCUT2D eigenvalue weighted by Crippen LogP contribution is -2.36. The number of H-pyrrole nitrogens is 1. The molecule has 0 saturated carbocycles. The van der Waals surface area contributed by atoms with E-state index in [1.54, 1.807) is 23.9 Å². The van der Waals surface area contributed by atoms with E-state index < -0.39 is 0 Å². The Hall–Kier alpha value is -3.26. The Bertz CT molecular complexity index is 957. The van der Waals surface area contributed by atoms with E-state index in [2.05, 4.69) is 16.5 Å². The van der Waals surface area contributed by atoms with Crippen molar-refractivity contribution in [2.45, 2.75) is 12.8 Å². The third kappa shape index (κ3) is 4.17. The Morgan fingerprint density at radius 3 is 2.82 bits per heavy atom. The van der Waals surface area contributed by atoms with Crippen LogP contribution in [-0.4, -0.2) is 53.8 Å². The highest BCUT2D eigenvalue weighted by Crippen LogP contribution is 2.26. The minimum Gasteiger partial charge on any atom is -0.400 e. The van der Waals surface area contributed by atoms with Gasteiger partial charge >= 0.3 is 0 Å². The second-order valence-electron chi connectivity index (χ2n) is 7.08. The molecule has 0 aliphatic carbocycles. The molecule has 0 atom stereocenters. The summed E-state index contributed by atoms with van der Waals surface area (Å²) in [5.74, 6) is 5.10. The summed E-state index contributed by atoms with van der Waals surface area (Å²) in [6.45, 7) is 1.19. The second kappa shape index (κ2) is 8.18. The van der Waals surface area contributed by atoms with Gasteiger partial charge in [-0.1, -0.05) is 18.2 Å². The van der Waals surface area contributed by atoms with Crippen molar-refractivity contribution in [3.8, 4) is 0 Å². The molecule has 3 rings (SSSR count). The predicted molar refractivity (Wildman–Crippen MR) is 110 cm³/mol. The monoisotopic (exact) mass is 382 g/mol. The van der Waals surface area contributed by atoms with Crippen molar-refractivity contribution in [2.24, 2.45) is 11.6 Å². The summed E-state index contributed by atoms with van der Waals surface area (Å²) in [5, 5.41) is 0.977. The minimum atomic E-state index is -0.0657. The first kappa shape index (κ1) is 19.5. The Morgan fingerprint density at radius 1 is 1.32 bits per heavy atom. The number of amides is 2. The quantitative estimate of drug-likeness (QED) is 0.456. The maximum Gasteiger partial charge on any atom is 0.269 e. The van der Waals surface area contributed by atoms with E-state index in [1.165, 1.54) is 6.20 Å². The van der Waals surface area contributed by atoms with E-state index in [-0.39, 0.29) is 18.2 Å².